The molecule has 164 valence electrons. The first-order valence-electron chi connectivity index (χ1n) is 10.8. The van der Waals surface area contributed by atoms with Crippen molar-refractivity contribution in [2.75, 3.05) is 6.61 Å². The van der Waals surface area contributed by atoms with Gasteiger partial charge >= 0.3 is 0 Å². The fourth-order valence-electron chi connectivity index (χ4n) is 4.50. The van der Waals surface area contributed by atoms with Crippen LogP contribution in [0.1, 0.15) is 54.4 Å². The highest BCUT2D eigenvalue weighted by Crippen LogP contribution is 2.66. The monoisotopic (exact) mass is 410 g/mol. The zero-order valence-electron chi connectivity index (χ0n) is 19.4. The van der Waals surface area contributed by atoms with Crippen molar-refractivity contribution in [1.82, 2.24) is 0 Å². The molecule has 0 amide bonds. The average Bonchev–Trinajstić information content (AvgIpc) is 3.27. The second-order valence-electron chi connectivity index (χ2n) is 9.41. The predicted molar refractivity (Wildman–Crippen MR) is 126 cm³/mol. The van der Waals surface area contributed by atoms with E-state index in [-0.39, 0.29) is 29.3 Å². The molecule has 0 spiro atoms. The summed E-state index contributed by atoms with van der Waals surface area (Å²) >= 11 is 0. The Morgan fingerprint density at radius 1 is 0.867 bits per heavy atom. The van der Waals surface area contributed by atoms with E-state index in [2.05, 4.69) is 71.1 Å². The molecule has 0 radical (unpaired) electrons. The van der Waals surface area contributed by atoms with Crippen molar-refractivity contribution in [2.45, 2.75) is 71.7 Å². The third kappa shape index (κ3) is 5.81. The summed E-state index contributed by atoms with van der Waals surface area (Å²) in [6.45, 7) is 12.7. The first-order valence-corrected chi connectivity index (χ1v) is 10.8. The lowest BCUT2D eigenvalue weighted by molar-refractivity contribution is 0.0515. The Morgan fingerprint density at radius 3 is 2.03 bits per heavy atom. The van der Waals surface area contributed by atoms with E-state index in [1.54, 1.807) is 6.08 Å². The Morgan fingerprint density at radius 2 is 1.43 bits per heavy atom. The quantitative estimate of drug-likeness (QED) is 0.396. The molecule has 1 aliphatic carbocycles. The molecule has 2 fully saturated rings. The highest BCUT2D eigenvalue weighted by atomic mass is 16.6. The van der Waals surface area contributed by atoms with Gasteiger partial charge in [-0.3, -0.25) is 0 Å². The molecule has 0 aromatic carbocycles. The summed E-state index contributed by atoms with van der Waals surface area (Å²) in [5, 5.41) is 18.9. The molecule has 0 unspecified atom stereocenters. The second-order valence-corrected chi connectivity index (χ2v) is 9.41. The maximum absolute atomic E-state index is 10.2. The van der Waals surface area contributed by atoms with Crippen molar-refractivity contribution in [3.8, 4) is 0 Å². The standard InChI is InChI=1S/C27H38O3/c1-21(11-7-8-12-22(2)15-10-18-28)13-9-14-23(3)16-17-27-25(4,5)19-24(29)20-26(27,6)30-27/h7-17,24,28-29H,18-20H2,1-6H3/b8-7+,13-9+,15-10+,17-16+,21-11+,22-12+,23-14+/t24-,26+,27-/m0/s1. The summed E-state index contributed by atoms with van der Waals surface area (Å²) in [5.74, 6) is 0. The SMILES string of the molecule is CC(/C=C/C=C(C)/C=C/[C@@]12O[C@]1(C)C[C@@H](O)CC2(C)C)=C\C=C\C=C(C)\C=C\CO. The molecule has 0 aromatic rings. The van der Waals surface area contributed by atoms with E-state index in [0.29, 0.717) is 6.42 Å². The van der Waals surface area contributed by atoms with E-state index >= 15 is 0 Å². The smallest absolute Gasteiger partial charge is 0.121 e. The van der Waals surface area contributed by atoms with Gasteiger partial charge in [-0.1, -0.05) is 91.3 Å². The lowest BCUT2D eigenvalue weighted by Gasteiger charge is -2.39. The van der Waals surface area contributed by atoms with Crippen molar-refractivity contribution < 1.29 is 14.9 Å². The van der Waals surface area contributed by atoms with Gasteiger partial charge in [-0.2, -0.15) is 0 Å². The van der Waals surface area contributed by atoms with Crippen LogP contribution in [0, 0.1) is 5.41 Å². The van der Waals surface area contributed by atoms with E-state index < -0.39 is 0 Å². The predicted octanol–water partition coefficient (Wildman–Crippen LogP) is 5.75. The summed E-state index contributed by atoms with van der Waals surface area (Å²) in [7, 11) is 0. The molecule has 1 saturated heterocycles. The van der Waals surface area contributed by atoms with Gasteiger partial charge in [0, 0.05) is 11.8 Å². The van der Waals surface area contributed by atoms with Gasteiger partial charge < -0.3 is 14.9 Å². The van der Waals surface area contributed by atoms with Crippen LogP contribution >= 0.6 is 0 Å². The Hall–Kier alpha value is -1.94. The van der Waals surface area contributed by atoms with Crippen molar-refractivity contribution in [3.63, 3.8) is 0 Å². The minimum absolute atomic E-state index is 0.0645. The summed E-state index contributed by atoms with van der Waals surface area (Å²) < 4.78 is 6.20. The summed E-state index contributed by atoms with van der Waals surface area (Å²) in [4.78, 5) is 0. The van der Waals surface area contributed by atoms with E-state index in [9.17, 15) is 5.11 Å². The molecule has 1 saturated carbocycles. The molecule has 1 aliphatic heterocycles. The highest BCUT2D eigenvalue weighted by molar-refractivity contribution is 5.36. The van der Waals surface area contributed by atoms with E-state index in [0.717, 1.165) is 23.1 Å². The molecular formula is C27H38O3. The van der Waals surface area contributed by atoms with E-state index in [4.69, 9.17) is 9.84 Å². The molecule has 2 rings (SSSR count). The van der Waals surface area contributed by atoms with Crippen LogP contribution in [0.15, 0.2) is 83.6 Å². The molecule has 0 bridgehead atoms. The van der Waals surface area contributed by atoms with Gasteiger partial charge in [0.1, 0.15) is 11.2 Å². The Bertz CT molecular complexity index is 819. The zero-order valence-corrected chi connectivity index (χ0v) is 19.4. The largest absolute Gasteiger partial charge is 0.393 e. The number of hydrogen-bond donors (Lipinski definition) is 2. The first kappa shape index (κ1) is 24.3. The Labute approximate surface area is 182 Å². The number of rotatable bonds is 8. The van der Waals surface area contributed by atoms with Gasteiger partial charge in [0.05, 0.1) is 12.7 Å². The molecule has 2 aliphatic rings. The van der Waals surface area contributed by atoms with E-state index in [1.807, 2.05) is 31.2 Å². The zero-order chi connectivity index (χ0) is 22.4. The Kier molecular flexibility index (Phi) is 8.04. The summed E-state index contributed by atoms with van der Waals surface area (Å²) in [5.41, 5.74) is 2.80. The molecule has 3 atom stereocenters. The highest BCUT2D eigenvalue weighted by Gasteiger charge is 2.74. The minimum Gasteiger partial charge on any atom is -0.393 e. The minimum atomic E-state index is -0.283. The lowest BCUT2D eigenvalue weighted by atomic mass is 9.63. The molecule has 0 aromatic heterocycles. The van der Waals surface area contributed by atoms with Gasteiger partial charge in [-0.25, -0.2) is 0 Å². The molecule has 3 heteroatoms. The van der Waals surface area contributed by atoms with E-state index in [1.165, 1.54) is 0 Å². The first-order chi connectivity index (χ1) is 14.1. The van der Waals surface area contributed by atoms with Crippen molar-refractivity contribution in [1.29, 1.82) is 0 Å². The van der Waals surface area contributed by atoms with Crippen LogP contribution in [0.4, 0.5) is 0 Å². The number of ether oxygens (including phenoxy) is 1. The van der Waals surface area contributed by atoms with Crippen LogP contribution < -0.4 is 0 Å². The summed E-state index contributed by atoms with van der Waals surface area (Å²) in [6, 6.07) is 0. The van der Waals surface area contributed by atoms with Crippen molar-refractivity contribution in [2.24, 2.45) is 5.41 Å². The van der Waals surface area contributed by atoms with Crippen LogP contribution in [0.3, 0.4) is 0 Å². The lowest BCUT2D eigenvalue weighted by Crippen LogP contribution is -2.46. The summed E-state index contributed by atoms with van der Waals surface area (Å²) in [6.07, 6.45) is 23.5. The van der Waals surface area contributed by atoms with Crippen LogP contribution in [0.25, 0.3) is 0 Å². The third-order valence-corrected chi connectivity index (χ3v) is 6.12. The molecule has 3 nitrogen and oxygen atoms in total. The molecule has 30 heavy (non-hydrogen) atoms. The second kappa shape index (κ2) is 9.91. The number of aliphatic hydroxyl groups excluding tert-OH is 2. The number of allylic oxidation sites excluding steroid dienone is 12. The maximum Gasteiger partial charge on any atom is 0.121 e. The van der Waals surface area contributed by atoms with Crippen molar-refractivity contribution >= 4 is 0 Å². The maximum atomic E-state index is 10.2. The van der Waals surface area contributed by atoms with Crippen LogP contribution in [-0.2, 0) is 4.74 Å². The van der Waals surface area contributed by atoms with Crippen LogP contribution in [0.5, 0.6) is 0 Å². The number of hydrogen-bond acceptors (Lipinski definition) is 3. The Balaban J connectivity index is 1.95. The number of epoxide rings is 1. The molecular weight excluding hydrogens is 372 g/mol. The topological polar surface area (TPSA) is 53.0 Å². The fourth-order valence-corrected chi connectivity index (χ4v) is 4.50. The van der Waals surface area contributed by atoms with Gasteiger partial charge in [0.15, 0.2) is 0 Å². The van der Waals surface area contributed by atoms with Gasteiger partial charge in [-0.15, -0.1) is 0 Å². The van der Waals surface area contributed by atoms with Gasteiger partial charge in [0.2, 0.25) is 0 Å². The van der Waals surface area contributed by atoms with Gasteiger partial charge in [0.25, 0.3) is 0 Å². The normalized spacial score (nSPS) is 32.7. The average molecular weight is 411 g/mol. The number of fused-ring (bicyclic) bond motifs is 1. The van der Waals surface area contributed by atoms with Crippen LogP contribution in [-0.4, -0.2) is 34.1 Å². The van der Waals surface area contributed by atoms with Gasteiger partial charge in [-0.05, 0) is 40.2 Å². The number of aliphatic hydroxyl groups is 2. The molecule has 1 heterocycles. The van der Waals surface area contributed by atoms with Crippen LogP contribution in [0.2, 0.25) is 0 Å². The van der Waals surface area contributed by atoms with Crippen molar-refractivity contribution in [3.05, 3.63) is 83.6 Å². The molecule has 2 N–H and O–H groups in total. The third-order valence-electron chi connectivity index (χ3n) is 6.12. The fraction of sp³-hybridized carbons (Fsp3) is 0.481.